The molecule has 1 aromatic carbocycles. The van der Waals surface area contributed by atoms with E-state index in [0.717, 1.165) is 34.7 Å². The van der Waals surface area contributed by atoms with Crippen molar-refractivity contribution in [3.05, 3.63) is 35.5 Å². The van der Waals surface area contributed by atoms with Gasteiger partial charge in [-0.05, 0) is 37.1 Å². The average Bonchev–Trinajstić information content (AvgIpc) is 2.99. The van der Waals surface area contributed by atoms with Crippen molar-refractivity contribution in [1.29, 1.82) is 0 Å². The third-order valence-electron chi connectivity index (χ3n) is 4.65. The van der Waals surface area contributed by atoms with Crippen LogP contribution in [0.3, 0.4) is 0 Å². The number of methoxy groups -OCH3 is 1. The zero-order chi connectivity index (χ0) is 18.4. The normalized spacial score (nSPS) is 13.3. The second-order valence-electron chi connectivity index (χ2n) is 6.32. The van der Waals surface area contributed by atoms with Gasteiger partial charge in [-0.3, -0.25) is 9.89 Å². The smallest absolute Gasteiger partial charge is 0.224 e. The molecule has 2 aromatic rings. The van der Waals surface area contributed by atoms with E-state index < -0.39 is 0 Å². The van der Waals surface area contributed by atoms with Gasteiger partial charge in [0, 0.05) is 16.8 Å². The van der Waals surface area contributed by atoms with Crippen LogP contribution in [0.25, 0.3) is 11.3 Å². The van der Waals surface area contributed by atoms with Gasteiger partial charge in [-0.2, -0.15) is 5.10 Å². The van der Waals surface area contributed by atoms with Crippen LogP contribution in [0.5, 0.6) is 5.75 Å². The number of ether oxygens (including phenoxy) is 1. The fourth-order valence-corrected chi connectivity index (χ4v) is 2.73. The van der Waals surface area contributed by atoms with Gasteiger partial charge >= 0.3 is 0 Å². The Labute approximate surface area is 148 Å². The highest BCUT2D eigenvalue weighted by atomic mass is 16.5. The minimum atomic E-state index is -0.228. The molecule has 1 heterocycles. The van der Waals surface area contributed by atoms with Crippen LogP contribution in [0, 0.1) is 12.8 Å². The number of hydrogen-bond acceptors (Lipinski definition) is 4. The SMILES string of the molecule is CC[C@H](C)[C@@H](CO)NC(=O)Cc1c(-c2ccc(OC)cc2)n[nH]c1C. The topological polar surface area (TPSA) is 87.2 Å². The number of amides is 1. The van der Waals surface area contributed by atoms with Gasteiger partial charge in [-0.1, -0.05) is 20.3 Å². The maximum atomic E-state index is 12.5. The van der Waals surface area contributed by atoms with Gasteiger partial charge in [-0.25, -0.2) is 0 Å². The van der Waals surface area contributed by atoms with Gasteiger partial charge in [0.25, 0.3) is 0 Å². The molecule has 1 amide bonds. The monoisotopic (exact) mass is 345 g/mol. The van der Waals surface area contributed by atoms with Crippen LogP contribution in [-0.4, -0.2) is 41.0 Å². The Bertz CT molecular complexity index is 694. The number of benzene rings is 1. The van der Waals surface area contributed by atoms with Crippen LogP contribution in [0.4, 0.5) is 0 Å². The lowest BCUT2D eigenvalue weighted by molar-refractivity contribution is -0.121. The number of aliphatic hydroxyl groups excluding tert-OH is 1. The summed E-state index contributed by atoms with van der Waals surface area (Å²) in [7, 11) is 1.62. The van der Waals surface area contributed by atoms with Crippen LogP contribution in [0.15, 0.2) is 24.3 Å². The van der Waals surface area contributed by atoms with Gasteiger partial charge in [0.2, 0.25) is 5.91 Å². The first-order valence-corrected chi connectivity index (χ1v) is 8.58. The summed E-state index contributed by atoms with van der Waals surface area (Å²) in [5.41, 5.74) is 3.42. The number of nitrogens with zero attached hydrogens (tertiary/aromatic N) is 1. The minimum absolute atomic E-state index is 0.0591. The number of H-pyrrole nitrogens is 1. The molecule has 0 unspecified atom stereocenters. The lowest BCUT2D eigenvalue weighted by Crippen LogP contribution is -2.42. The molecule has 2 rings (SSSR count). The third kappa shape index (κ3) is 4.60. The van der Waals surface area contributed by atoms with Gasteiger partial charge in [0.05, 0.1) is 31.9 Å². The molecule has 0 aliphatic rings. The minimum Gasteiger partial charge on any atom is -0.497 e. The maximum Gasteiger partial charge on any atom is 0.224 e. The van der Waals surface area contributed by atoms with Crippen LogP contribution < -0.4 is 10.1 Å². The van der Waals surface area contributed by atoms with Crippen molar-refractivity contribution >= 4 is 5.91 Å². The van der Waals surface area contributed by atoms with Gasteiger partial charge < -0.3 is 15.2 Å². The van der Waals surface area contributed by atoms with Crippen molar-refractivity contribution in [3.63, 3.8) is 0 Å². The molecule has 6 heteroatoms. The molecular formula is C19H27N3O3. The van der Waals surface area contributed by atoms with E-state index in [2.05, 4.69) is 15.5 Å². The van der Waals surface area contributed by atoms with Crippen molar-refractivity contribution < 1.29 is 14.6 Å². The number of rotatable bonds is 8. The van der Waals surface area contributed by atoms with E-state index in [1.54, 1.807) is 7.11 Å². The highest BCUT2D eigenvalue weighted by Gasteiger charge is 2.20. The molecule has 0 bridgehead atoms. The molecule has 3 N–H and O–H groups in total. The van der Waals surface area contributed by atoms with Crippen LogP contribution in [0.1, 0.15) is 31.5 Å². The van der Waals surface area contributed by atoms with E-state index >= 15 is 0 Å². The first-order valence-electron chi connectivity index (χ1n) is 8.58. The second kappa shape index (κ2) is 8.67. The molecule has 0 aliphatic heterocycles. The van der Waals surface area contributed by atoms with E-state index in [-0.39, 0.29) is 30.9 Å². The molecule has 0 radical (unpaired) electrons. The van der Waals surface area contributed by atoms with Crippen LogP contribution in [0.2, 0.25) is 0 Å². The zero-order valence-electron chi connectivity index (χ0n) is 15.3. The molecule has 25 heavy (non-hydrogen) atoms. The Morgan fingerprint density at radius 2 is 2.04 bits per heavy atom. The first-order chi connectivity index (χ1) is 12.0. The second-order valence-corrected chi connectivity index (χ2v) is 6.32. The van der Waals surface area contributed by atoms with Gasteiger partial charge in [-0.15, -0.1) is 0 Å². The van der Waals surface area contributed by atoms with Crippen molar-refractivity contribution in [3.8, 4) is 17.0 Å². The van der Waals surface area contributed by atoms with E-state index in [9.17, 15) is 9.90 Å². The Morgan fingerprint density at radius 1 is 1.36 bits per heavy atom. The van der Waals surface area contributed by atoms with Crippen LogP contribution in [-0.2, 0) is 11.2 Å². The zero-order valence-corrected chi connectivity index (χ0v) is 15.3. The number of aromatic amines is 1. The predicted molar refractivity (Wildman–Crippen MR) is 97.5 cm³/mol. The number of aliphatic hydroxyl groups is 1. The van der Waals surface area contributed by atoms with E-state index in [1.165, 1.54) is 0 Å². The summed E-state index contributed by atoms with van der Waals surface area (Å²) in [6.07, 6.45) is 1.12. The number of aromatic nitrogens is 2. The Kier molecular flexibility index (Phi) is 6.58. The number of hydrogen-bond donors (Lipinski definition) is 3. The van der Waals surface area contributed by atoms with E-state index in [1.807, 2.05) is 45.0 Å². The number of aryl methyl sites for hydroxylation is 1. The molecule has 0 spiro atoms. The van der Waals surface area contributed by atoms with Gasteiger partial charge in [0.1, 0.15) is 5.75 Å². The summed E-state index contributed by atoms with van der Waals surface area (Å²) in [5.74, 6) is 0.883. The highest BCUT2D eigenvalue weighted by molar-refractivity contribution is 5.82. The number of carbonyl (C=O) groups excluding carboxylic acids is 1. The Hall–Kier alpha value is -2.34. The average molecular weight is 345 g/mol. The quantitative estimate of drug-likeness (QED) is 0.686. The van der Waals surface area contributed by atoms with Crippen molar-refractivity contribution in [2.75, 3.05) is 13.7 Å². The largest absolute Gasteiger partial charge is 0.497 e. The van der Waals surface area contributed by atoms with E-state index in [4.69, 9.17) is 4.74 Å². The molecular weight excluding hydrogens is 318 g/mol. The van der Waals surface area contributed by atoms with Crippen molar-refractivity contribution in [1.82, 2.24) is 15.5 Å². The molecule has 0 saturated heterocycles. The molecule has 2 atom stereocenters. The summed E-state index contributed by atoms with van der Waals surface area (Å²) in [4.78, 5) is 12.5. The summed E-state index contributed by atoms with van der Waals surface area (Å²) in [6.45, 7) is 5.91. The summed E-state index contributed by atoms with van der Waals surface area (Å²) in [5, 5.41) is 19.7. The maximum absolute atomic E-state index is 12.5. The van der Waals surface area contributed by atoms with Crippen LogP contribution >= 0.6 is 0 Å². The molecule has 0 saturated carbocycles. The Morgan fingerprint density at radius 3 is 2.60 bits per heavy atom. The third-order valence-corrected chi connectivity index (χ3v) is 4.65. The lowest BCUT2D eigenvalue weighted by Gasteiger charge is -2.22. The fourth-order valence-electron chi connectivity index (χ4n) is 2.73. The molecule has 1 aromatic heterocycles. The summed E-state index contributed by atoms with van der Waals surface area (Å²) >= 11 is 0. The highest BCUT2D eigenvalue weighted by Crippen LogP contribution is 2.26. The predicted octanol–water partition coefficient (Wildman–Crippen LogP) is 2.46. The first kappa shape index (κ1) is 19.0. The fraction of sp³-hybridized carbons (Fsp3) is 0.474. The number of carbonyl (C=O) groups is 1. The molecule has 136 valence electrons. The van der Waals surface area contributed by atoms with Gasteiger partial charge in [0.15, 0.2) is 0 Å². The standard InChI is InChI=1S/C19H27N3O3/c1-5-12(2)17(11-23)20-18(24)10-16-13(3)21-22-19(16)14-6-8-15(25-4)9-7-14/h6-9,12,17,23H,5,10-11H2,1-4H3,(H,20,24)(H,21,22)/t12-,17+/m0/s1. The lowest BCUT2D eigenvalue weighted by atomic mass is 9.99. The Balaban J connectivity index is 2.16. The van der Waals surface area contributed by atoms with Crippen molar-refractivity contribution in [2.24, 2.45) is 5.92 Å². The molecule has 6 nitrogen and oxygen atoms in total. The molecule has 0 fully saturated rings. The molecule has 0 aliphatic carbocycles. The summed E-state index contributed by atoms with van der Waals surface area (Å²) < 4.78 is 5.18. The van der Waals surface area contributed by atoms with Crippen molar-refractivity contribution in [2.45, 2.75) is 39.7 Å². The summed E-state index contributed by atoms with van der Waals surface area (Å²) in [6, 6.07) is 7.35. The van der Waals surface area contributed by atoms with E-state index in [0.29, 0.717) is 0 Å². The number of nitrogens with one attached hydrogen (secondary N) is 2.